The number of ether oxygens (including phenoxy) is 3. The highest BCUT2D eigenvalue weighted by Crippen LogP contribution is 2.09. The van der Waals surface area contributed by atoms with E-state index in [4.69, 9.17) is 19.3 Å². The zero-order valence-corrected chi connectivity index (χ0v) is 10.7. The normalized spacial score (nSPS) is 10.8. The van der Waals surface area contributed by atoms with E-state index >= 15 is 0 Å². The largest absolute Gasteiger partial charge is 0.490 e. The number of pyridine rings is 1. The highest BCUT2D eigenvalue weighted by atomic mass is 16.5. The third-order valence-electron chi connectivity index (χ3n) is 2.08. The Morgan fingerprint density at radius 2 is 2.11 bits per heavy atom. The van der Waals surface area contributed by atoms with Gasteiger partial charge in [0.05, 0.1) is 31.7 Å². The molecule has 1 N–H and O–H groups in total. The molecule has 1 heterocycles. The number of carbonyl (C=O) groups is 1. The van der Waals surface area contributed by atoms with Gasteiger partial charge in [0.15, 0.2) is 0 Å². The average Bonchev–Trinajstić information content (AvgIpc) is 2.41. The Morgan fingerprint density at radius 3 is 2.74 bits per heavy atom. The zero-order valence-electron chi connectivity index (χ0n) is 10.7. The molecule has 0 saturated heterocycles. The summed E-state index contributed by atoms with van der Waals surface area (Å²) in [6.07, 6.45) is 3.99. The summed E-state index contributed by atoms with van der Waals surface area (Å²) in [4.78, 5) is 14.4. The fourth-order valence-electron chi connectivity index (χ4n) is 1.20. The zero-order chi connectivity index (χ0) is 13.9. The summed E-state index contributed by atoms with van der Waals surface area (Å²) in [7, 11) is 1.62. The van der Waals surface area contributed by atoms with Crippen LogP contribution in [0.25, 0.3) is 6.08 Å². The number of rotatable bonds is 9. The minimum atomic E-state index is -1.00. The summed E-state index contributed by atoms with van der Waals surface area (Å²) in [6, 6.07) is 3.41. The number of aliphatic carboxylic acids is 1. The predicted molar refractivity (Wildman–Crippen MR) is 69.1 cm³/mol. The number of hydrogen-bond acceptors (Lipinski definition) is 5. The number of hydrogen-bond donors (Lipinski definition) is 1. The first-order valence-corrected chi connectivity index (χ1v) is 5.79. The average molecular weight is 267 g/mol. The first kappa shape index (κ1) is 15.1. The van der Waals surface area contributed by atoms with Gasteiger partial charge in [-0.05, 0) is 18.2 Å². The van der Waals surface area contributed by atoms with Crippen LogP contribution in [0.1, 0.15) is 5.69 Å². The number of carboxylic acids is 1. The minimum Gasteiger partial charge on any atom is -0.490 e. The molecule has 0 atom stereocenters. The first-order valence-electron chi connectivity index (χ1n) is 5.79. The van der Waals surface area contributed by atoms with Gasteiger partial charge in [-0.3, -0.25) is 4.98 Å². The standard InChI is InChI=1S/C13H17NO5/c1-17-6-7-18-8-9-19-12-4-2-11(14-10-12)3-5-13(15)16/h2-5,10H,6-9H2,1H3,(H,15,16). The molecule has 0 spiro atoms. The molecule has 0 saturated carbocycles. The van der Waals surface area contributed by atoms with Gasteiger partial charge in [-0.15, -0.1) is 0 Å². The molecule has 0 aliphatic heterocycles. The molecule has 0 unspecified atom stereocenters. The highest BCUT2D eigenvalue weighted by molar-refractivity contribution is 5.84. The molecule has 0 amide bonds. The van der Waals surface area contributed by atoms with Gasteiger partial charge in [0.1, 0.15) is 12.4 Å². The molecule has 0 aliphatic carbocycles. The second-order valence-electron chi connectivity index (χ2n) is 3.54. The van der Waals surface area contributed by atoms with E-state index in [-0.39, 0.29) is 0 Å². The van der Waals surface area contributed by atoms with Gasteiger partial charge in [-0.1, -0.05) is 0 Å². The SMILES string of the molecule is COCCOCCOc1ccc(C=CC(=O)O)nc1. The highest BCUT2D eigenvalue weighted by Gasteiger charge is 1.96. The van der Waals surface area contributed by atoms with E-state index in [1.807, 2.05) is 0 Å². The van der Waals surface area contributed by atoms with Crippen molar-refractivity contribution in [1.29, 1.82) is 0 Å². The summed E-state index contributed by atoms with van der Waals surface area (Å²) in [5, 5.41) is 8.47. The van der Waals surface area contributed by atoms with Crippen LogP contribution in [0.15, 0.2) is 24.4 Å². The Labute approximate surface area is 111 Å². The second kappa shape index (κ2) is 9.07. The Hall–Kier alpha value is -1.92. The monoisotopic (exact) mass is 267 g/mol. The smallest absolute Gasteiger partial charge is 0.328 e. The second-order valence-corrected chi connectivity index (χ2v) is 3.54. The molecule has 0 bridgehead atoms. The van der Waals surface area contributed by atoms with Gasteiger partial charge < -0.3 is 19.3 Å². The van der Waals surface area contributed by atoms with Gasteiger partial charge >= 0.3 is 5.97 Å². The van der Waals surface area contributed by atoms with Crippen LogP contribution in [-0.2, 0) is 14.3 Å². The van der Waals surface area contributed by atoms with Crippen molar-refractivity contribution < 1.29 is 24.1 Å². The first-order chi connectivity index (χ1) is 9.22. The molecule has 1 aromatic rings. The lowest BCUT2D eigenvalue weighted by molar-refractivity contribution is -0.131. The van der Waals surface area contributed by atoms with Crippen molar-refractivity contribution in [2.45, 2.75) is 0 Å². The molecule has 6 heteroatoms. The number of aromatic nitrogens is 1. The molecule has 1 rings (SSSR count). The molecular weight excluding hydrogens is 250 g/mol. The summed E-state index contributed by atoms with van der Waals surface area (Å²) >= 11 is 0. The molecule has 0 radical (unpaired) electrons. The third-order valence-corrected chi connectivity index (χ3v) is 2.08. The summed E-state index contributed by atoms with van der Waals surface area (Å²) in [5.41, 5.74) is 0.561. The van der Waals surface area contributed by atoms with Gasteiger partial charge in [0.2, 0.25) is 0 Å². The summed E-state index contributed by atoms with van der Waals surface area (Å²) in [5.74, 6) is -0.391. The van der Waals surface area contributed by atoms with Gasteiger partial charge in [0.25, 0.3) is 0 Å². The maximum absolute atomic E-state index is 10.3. The van der Waals surface area contributed by atoms with Crippen LogP contribution in [0.3, 0.4) is 0 Å². The Morgan fingerprint density at radius 1 is 1.32 bits per heavy atom. The summed E-state index contributed by atoms with van der Waals surface area (Å²) < 4.78 is 15.5. The fourth-order valence-corrected chi connectivity index (χ4v) is 1.20. The lowest BCUT2D eigenvalue weighted by Gasteiger charge is -2.06. The maximum atomic E-state index is 10.3. The topological polar surface area (TPSA) is 77.9 Å². The van der Waals surface area contributed by atoms with Crippen molar-refractivity contribution >= 4 is 12.0 Å². The lowest BCUT2D eigenvalue weighted by Crippen LogP contribution is -2.10. The van der Waals surface area contributed by atoms with Gasteiger partial charge in [0, 0.05) is 13.2 Å². The van der Waals surface area contributed by atoms with Crippen molar-refractivity contribution in [2.75, 3.05) is 33.5 Å². The van der Waals surface area contributed by atoms with E-state index < -0.39 is 5.97 Å². The number of carboxylic acid groups (broad SMARTS) is 1. The molecule has 0 aliphatic rings. The van der Waals surface area contributed by atoms with Gasteiger partial charge in [-0.25, -0.2) is 4.79 Å². The molecule has 19 heavy (non-hydrogen) atoms. The van der Waals surface area contributed by atoms with E-state index in [1.165, 1.54) is 12.3 Å². The van der Waals surface area contributed by atoms with E-state index in [1.54, 1.807) is 19.2 Å². The predicted octanol–water partition coefficient (Wildman–Crippen LogP) is 1.22. The molecule has 6 nitrogen and oxygen atoms in total. The summed E-state index contributed by atoms with van der Waals surface area (Å²) in [6.45, 7) is 2.00. The number of methoxy groups -OCH3 is 1. The van der Waals surface area contributed by atoms with Crippen LogP contribution in [0, 0.1) is 0 Å². The van der Waals surface area contributed by atoms with Crippen molar-refractivity contribution in [3.05, 3.63) is 30.1 Å². The Balaban J connectivity index is 2.26. The van der Waals surface area contributed by atoms with E-state index in [2.05, 4.69) is 4.98 Å². The molecular formula is C13H17NO5. The van der Waals surface area contributed by atoms with Crippen molar-refractivity contribution in [3.63, 3.8) is 0 Å². The molecule has 104 valence electrons. The minimum absolute atomic E-state index is 0.426. The van der Waals surface area contributed by atoms with Crippen LogP contribution < -0.4 is 4.74 Å². The quantitative estimate of drug-likeness (QED) is 0.535. The van der Waals surface area contributed by atoms with Crippen LogP contribution in [0.4, 0.5) is 0 Å². The van der Waals surface area contributed by atoms with Crippen LogP contribution in [0.5, 0.6) is 5.75 Å². The van der Waals surface area contributed by atoms with E-state index in [0.29, 0.717) is 37.9 Å². The third kappa shape index (κ3) is 7.17. The van der Waals surface area contributed by atoms with Crippen LogP contribution in [0.2, 0.25) is 0 Å². The van der Waals surface area contributed by atoms with Crippen LogP contribution in [-0.4, -0.2) is 49.6 Å². The van der Waals surface area contributed by atoms with E-state index in [9.17, 15) is 4.79 Å². The fraction of sp³-hybridized carbons (Fsp3) is 0.385. The van der Waals surface area contributed by atoms with Crippen LogP contribution >= 0.6 is 0 Å². The molecule has 1 aromatic heterocycles. The lowest BCUT2D eigenvalue weighted by atomic mass is 10.3. The molecule has 0 aromatic carbocycles. The van der Waals surface area contributed by atoms with Crippen molar-refractivity contribution in [1.82, 2.24) is 4.98 Å². The maximum Gasteiger partial charge on any atom is 0.328 e. The van der Waals surface area contributed by atoms with E-state index in [0.717, 1.165) is 6.08 Å². The molecule has 0 fully saturated rings. The Bertz CT molecular complexity index is 402. The van der Waals surface area contributed by atoms with Gasteiger partial charge in [-0.2, -0.15) is 0 Å². The van der Waals surface area contributed by atoms with Crippen molar-refractivity contribution in [3.8, 4) is 5.75 Å². The Kier molecular flexibility index (Phi) is 7.23. The van der Waals surface area contributed by atoms with Crippen molar-refractivity contribution in [2.24, 2.45) is 0 Å². The number of nitrogens with zero attached hydrogens (tertiary/aromatic N) is 1.